The molecule has 0 spiro atoms. The van der Waals surface area contributed by atoms with E-state index in [1.165, 1.54) is 11.3 Å². The summed E-state index contributed by atoms with van der Waals surface area (Å²) in [5, 5.41) is 7.47. The average Bonchev–Trinajstić information content (AvgIpc) is 3.15. The fourth-order valence-corrected chi connectivity index (χ4v) is 2.32. The number of aryl methyl sites for hydroxylation is 1. The van der Waals surface area contributed by atoms with Gasteiger partial charge in [0.05, 0.1) is 6.04 Å². The molecule has 0 fully saturated rings. The molecule has 1 unspecified atom stereocenters. The molecule has 114 valence electrons. The highest BCUT2D eigenvalue weighted by Gasteiger charge is 2.14. The van der Waals surface area contributed by atoms with Gasteiger partial charge in [-0.05, 0) is 24.6 Å². The Labute approximate surface area is 130 Å². The molecule has 0 bridgehead atoms. The summed E-state index contributed by atoms with van der Waals surface area (Å²) in [6, 6.07) is 14.3. The lowest BCUT2D eigenvalue weighted by Crippen LogP contribution is -2.19. The van der Waals surface area contributed by atoms with Crippen LogP contribution in [0.25, 0.3) is 0 Å². The van der Waals surface area contributed by atoms with Gasteiger partial charge in [-0.25, -0.2) is 0 Å². The molecule has 1 N–H and O–H groups in total. The molecule has 0 aliphatic carbocycles. The van der Waals surface area contributed by atoms with Crippen molar-refractivity contribution >= 4 is 0 Å². The van der Waals surface area contributed by atoms with Gasteiger partial charge in [-0.3, -0.25) is 0 Å². The summed E-state index contributed by atoms with van der Waals surface area (Å²) in [5.41, 5.74) is 2.40. The zero-order valence-electron chi connectivity index (χ0n) is 12.9. The van der Waals surface area contributed by atoms with E-state index in [0.29, 0.717) is 18.1 Å². The first-order valence-corrected chi connectivity index (χ1v) is 7.42. The minimum Gasteiger partial charge on any atom is -0.353 e. The highest BCUT2D eigenvalue weighted by Crippen LogP contribution is 2.13. The number of hydrogen-bond acceptors (Lipinski definition) is 4. The van der Waals surface area contributed by atoms with Crippen molar-refractivity contribution in [3.8, 4) is 0 Å². The van der Waals surface area contributed by atoms with E-state index >= 15 is 0 Å². The minimum absolute atomic E-state index is 0.0203. The van der Waals surface area contributed by atoms with E-state index in [9.17, 15) is 0 Å². The van der Waals surface area contributed by atoms with Crippen molar-refractivity contribution in [1.29, 1.82) is 0 Å². The maximum Gasteiger partial charge on any atom is 0.243 e. The number of benzene rings is 1. The first-order valence-electron chi connectivity index (χ1n) is 7.42. The number of hydrogen-bond donors (Lipinski definition) is 1. The van der Waals surface area contributed by atoms with Gasteiger partial charge in [-0.15, -0.1) is 0 Å². The van der Waals surface area contributed by atoms with Crippen molar-refractivity contribution in [3.63, 3.8) is 0 Å². The standard InChI is InChI=1S/C17H20N4O/c1-13(18-12-15-9-6-10-21(15)2)17-19-16(20-22-17)11-14-7-4-3-5-8-14/h3-10,13,18H,11-12H2,1-2H3. The summed E-state index contributed by atoms with van der Waals surface area (Å²) in [4.78, 5) is 4.48. The van der Waals surface area contributed by atoms with Crippen LogP contribution in [0.15, 0.2) is 53.2 Å². The van der Waals surface area contributed by atoms with Crippen LogP contribution in [0.4, 0.5) is 0 Å². The van der Waals surface area contributed by atoms with Crippen LogP contribution in [0.2, 0.25) is 0 Å². The zero-order valence-corrected chi connectivity index (χ0v) is 12.9. The van der Waals surface area contributed by atoms with Crippen LogP contribution in [-0.2, 0) is 20.0 Å². The summed E-state index contributed by atoms with van der Waals surface area (Å²) in [5.74, 6) is 1.34. The van der Waals surface area contributed by atoms with E-state index < -0.39 is 0 Å². The van der Waals surface area contributed by atoms with Crippen LogP contribution in [-0.4, -0.2) is 14.7 Å². The first-order chi connectivity index (χ1) is 10.7. The quantitative estimate of drug-likeness (QED) is 0.760. The smallest absolute Gasteiger partial charge is 0.243 e. The molecule has 1 atom stereocenters. The molecule has 2 aromatic heterocycles. The van der Waals surface area contributed by atoms with Crippen LogP contribution in [0.3, 0.4) is 0 Å². The SMILES string of the molecule is CC(NCc1cccn1C)c1nc(Cc2ccccc2)no1. The van der Waals surface area contributed by atoms with Gasteiger partial charge < -0.3 is 14.4 Å². The highest BCUT2D eigenvalue weighted by atomic mass is 16.5. The van der Waals surface area contributed by atoms with Crippen LogP contribution in [0, 0.1) is 0 Å². The number of nitrogens with zero attached hydrogens (tertiary/aromatic N) is 3. The topological polar surface area (TPSA) is 55.9 Å². The summed E-state index contributed by atoms with van der Waals surface area (Å²) in [6.07, 6.45) is 2.72. The third-order valence-corrected chi connectivity index (χ3v) is 3.70. The van der Waals surface area contributed by atoms with Gasteiger partial charge in [0, 0.05) is 31.9 Å². The van der Waals surface area contributed by atoms with Crippen molar-refractivity contribution in [2.24, 2.45) is 7.05 Å². The summed E-state index contributed by atoms with van der Waals surface area (Å²) < 4.78 is 7.46. The Morgan fingerprint density at radius 3 is 2.73 bits per heavy atom. The van der Waals surface area contributed by atoms with Gasteiger partial charge >= 0.3 is 0 Å². The molecule has 0 aliphatic rings. The van der Waals surface area contributed by atoms with E-state index in [1.807, 2.05) is 44.4 Å². The van der Waals surface area contributed by atoms with Gasteiger partial charge in [-0.2, -0.15) is 4.98 Å². The van der Waals surface area contributed by atoms with Crippen molar-refractivity contribution in [2.45, 2.75) is 25.9 Å². The third kappa shape index (κ3) is 3.43. The largest absolute Gasteiger partial charge is 0.353 e. The molecule has 3 aromatic rings. The van der Waals surface area contributed by atoms with Gasteiger partial charge in [0.1, 0.15) is 0 Å². The monoisotopic (exact) mass is 296 g/mol. The lowest BCUT2D eigenvalue weighted by Gasteiger charge is -2.10. The second kappa shape index (κ2) is 6.58. The Kier molecular flexibility index (Phi) is 4.34. The average molecular weight is 296 g/mol. The molecule has 1 aromatic carbocycles. The first kappa shape index (κ1) is 14.5. The normalized spacial score (nSPS) is 12.5. The Bertz CT molecular complexity index is 717. The molecule has 0 aliphatic heterocycles. The predicted molar refractivity (Wildman–Crippen MR) is 84.2 cm³/mol. The van der Waals surface area contributed by atoms with Gasteiger partial charge in [0.15, 0.2) is 5.82 Å². The molecule has 5 heteroatoms. The second-order valence-electron chi connectivity index (χ2n) is 5.42. The van der Waals surface area contributed by atoms with Crippen LogP contribution in [0.5, 0.6) is 0 Å². The van der Waals surface area contributed by atoms with Crippen molar-refractivity contribution in [3.05, 3.63) is 71.6 Å². The molecule has 0 amide bonds. The lowest BCUT2D eigenvalue weighted by molar-refractivity contribution is 0.335. The molecule has 0 saturated carbocycles. The van der Waals surface area contributed by atoms with Crippen molar-refractivity contribution in [1.82, 2.24) is 20.0 Å². The number of nitrogens with one attached hydrogen (secondary N) is 1. The molecular formula is C17H20N4O. The molecule has 22 heavy (non-hydrogen) atoms. The molecule has 5 nitrogen and oxygen atoms in total. The van der Waals surface area contributed by atoms with Gasteiger partial charge in [0.25, 0.3) is 0 Å². The third-order valence-electron chi connectivity index (χ3n) is 3.70. The maximum absolute atomic E-state index is 5.37. The van der Waals surface area contributed by atoms with Crippen LogP contribution < -0.4 is 5.32 Å². The van der Waals surface area contributed by atoms with Crippen LogP contribution in [0.1, 0.15) is 35.9 Å². The summed E-state index contributed by atoms with van der Waals surface area (Å²) >= 11 is 0. The van der Waals surface area contributed by atoms with E-state index in [2.05, 4.69) is 38.2 Å². The maximum atomic E-state index is 5.37. The zero-order chi connectivity index (χ0) is 15.4. The number of rotatable bonds is 6. The predicted octanol–water partition coefficient (Wildman–Crippen LogP) is 2.85. The Morgan fingerprint density at radius 2 is 2.00 bits per heavy atom. The number of aromatic nitrogens is 3. The Hall–Kier alpha value is -2.40. The van der Waals surface area contributed by atoms with Gasteiger partial charge in [-0.1, -0.05) is 35.5 Å². The highest BCUT2D eigenvalue weighted by molar-refractivity contribution is 5.18. The fraction of sp³-hybridized carbons (Fsp3) is 0.294. The molecule has 0 saturated heterocycles. The van der Waals surface area contributed by atoms with Crippen LogP contribution >= 0.6 is 0 Å². The Morgan fingerprint density at radius 1 is 1.18 bits per heavy atom. The summed E-state index contributed by atoms with van der Waals surface area (Å²) in [6.45, 7) is 2.80. The van der Waals surface area contributed by atoms with Gasteiger partial charge in [0.2, 0.25) is 5.89 Å². The van der Waals surface area contributed by atoms with Crippen molar-refractivity contribution < 1.29 is 4.52 Å². The molecule has 2 heterocycles. The minimum atomic E-state index is 0.0203. The van der Waals surface area contributed by atoms with E-state index in [0.717, 1.165) is 6.54 Å². The molecular weight excluding hydrogens is 276 g/mol. The summed E-state index contributed by atoms with van der Waals surface area (Å²) in [7, 11) is 2.03. The second-order valence-corrected chi connectivity index (χ2v) is 5.42. The fourth-order valence-electron chi connectivity index (χ4n) is 2.32. The molecule has 3 rings (SSSR count). The Balaban J connectivity index is 1.59. The lowest BCUT2D eigenvalue weighted by atomic mass is 10.1. The molecule has 0 radical (unpaired) electrons. The van der Waals surface area contributed by atoms with E-state index in [1.54, 1.807) is 0 Å². The van der Waals surface area contributed by atoms with E-state index in [-0.39, 0.29) is 6.04 Å². The van der Waals surface area contributed by atoms with Crippen molar-refractivity contribution in [2.75, 3.05) is 0 Å². The van der Waals surface area contributed by atoms with E-state index in [4.69, 9.17) is 4.52 Å².